The predicted octanol–water partition coefficient (Wildman–Crippen LogP) is 3.21. The number of hydrazone groups is 1. The van der Waals surface area contributed by atoms with Crippen molar-refractivity contribution in [2.45, 2.75) is 10.1 Å². The van der Waals surface area contributed by atoms with Crippen LogP contribution in [-0.2, 0) is 7.05 Å². The highest BCUT2D eigenvalue weighted by atomic mass is 32.2. The molecule has 3 rings (SSSR count). The van der Waals surface area contributed by atoms with E-state index < -0.39 is 4.92 Å². The van der Waals surface area contributed by atoms with Gasteiger partial charge >= 0.3 is 0 Å². The number of methoxy groups -OCH3 is 2. The van der Waals surface area contributed by atoms with Gasteiger partial charge in [0.2, 0.25) is 0 Å². The largest absolute Gasteiger partial charge is 0.493 e. The van der Waals surface area contributed by atoms with E-state index in [9.17, 15) is 10.1 Å². The van der Waals surface area contributed by atoms with Gasteiger partial charge in [-0.15, -0.1) is 10.2 Å². The quantitative estimate of drug-likeness (QED) is 0.218. The first-order valence-electron chi connectivity index (χ1n) is 9.03. The number of anilines is 1. The Balaban J connectivity index is 1.66. The molecular formula is C19H19N7O4S2. The minimum absolute atomic E-state index is 0.0621. The molecule has 0 atom stereocenters. The molecule has 0 saturated heterocycles. The predicted molar refractivity (Wildman–Crippen MR) is 125 cm³/mol. The van der Waals surface area contributed by atoms with E-state index >= 15 is 0 Å². The summed E-state index contributed by atoms with van der Waals surface area (Å²) in [5.41, 5.74) is 3.82. The van der Waals surface area contributed by atoms with Crippen molar-refractivity contribution >= 4 is 46.7 Å². The fraction of sp³-hybridized carbons (Fsp3) is 0.158. The van der Waals surface area contributed by atoms with E-state index in [0.29, 0.717) is 32.8 Å². The number of nitrogens with zero attached hydrogens (tertiary/aromatic N) is 5. The molecule has 1 aromatic heterocycles. The van der Waals surface area contributed by atoms with E-state index in [1.165, 1.54) is 18.6 Å². The number of rotatable bonds is 8. The summed E-state index contributed by atoms with van der Waals surface area (Å²) in [6.07, 6.45) is 2.96. The Morgan fingerprint density at radius 1 is 1.25 bits per heavy atom. The van der Waals surface area contributed by atoms with Gasteiger partial charge in [-0.2, -0.15) is 5.10 Å². The van der Waals surface area contributed by atoms with Crippen LogP contribution in [0.1, 0.15) is 5.56 Å². The first-order chi connectivity index (χ1) is 15.4. The SMILES string of the molecule is COc1ccc(NC(=S)N/N=C/c2ccc(Sc3nncn3C)c([N+](=O)[O-])c2)cc1OC. The van der Waals surface area contributed by atoms with Gasteiger partial charge in [-0.25, -0.2) is 0 Å². The average molecular weight is 474 g/mol. The lowest BCUT2D eigenvalue weighted by Crippen LogP contribution is -2.23. The molecule has 0 aliphatic carbocycles. The Labute approximate surface area is 193 Å². The van der Waals surface area contributed by atoms with E-state index in [4.69, 9.17) is 21.7 Å². The van der Waals surface area contributed by atoms with E-state index in [2.05, 4.69) is 26.0 Å². The molecule has 13 heteroatoms. The van der Waals surface area contributed by atoms with Gasteiger partial charge in [0, 0.05) is 30.4 Å². The van der Waals surface area contributed by atoms with Crippen molar-refractivity contribution in [3.63, 3.8) is 0 Å². The van der Waals surface area contributed by atoms with Gasteiger partial charge in [0.25, 0.3) is 5.69 Å². The Hall–Kier alpha value is -3.71. The van der Waals surface area contributed by atoms with Crippen LogP contribution in [0.4, 0.5) is 11.4 Å². The number of ether oxygens (including phenoxy) is 2. The van der Waals surface area contributed by atoms with Gasteiger partial charge in [-0.3, -0.25) is 15.5 Å². The number of aromatic nitrogens is 3. The summed E-state index contributed by atoms with van der Waals surface area (Å²) < 4.78 is 12.1. The third kappa shape index (κ3) is 5.70. The number of aryl methyl sites for hydroxylation is 1. The molecule has 0 bridgehead atoms. The summed E-state index contributed by atoms with van der Waals surface area (Å²) in [4.78, 5) is 11.5. The summed E-state index contributed by atoms with van der Waals surface area (Å²) in [5.74, 6) is 1.15. The van der Waals surface area contributed by atoms with Gasteiger partial charge in [-0.1, -0.05) is 6.07 Å². The molecule has 3 aromatic rings. The molecule has 2 aromatic carbocycles. The second-order valence-corrected chi connectivity index (χ2v) is 7.62. The topological polar surface area (TPSA) is 129 Å². The minimum atomic E-state index is -0.452. The van der Waals surface area contributed by atoms with Crippen molar-refractivity contribution in [2.75, 3.05) is 19.5 Å². The molecule has 0 radical (unpaired) electrons. The number of nitrogens with one attached hydrogen (secondary N) is 2. The van der Waals surface area contributed by atoms with Crippen molar-refractivity contribution in [2.24, 2.45) is 12.1 Å². The van der Waals surface area contributed by atoms with Gasteiger partial charge in [0.1, 0.15) is 6.33 Å². The minimum Gasteiger partial charge on any atom is -0.493 e. The zero-order chi connectivity index (χ0) is 23.1. The van der Waals surface area contributed by atoms with Crippen LogP contribution in [0.5, 0.6) is 11.5 Å². The van der Waals surface area contributed by atoms with Crippen LogP contribution in [0.15, 0.2) is 57.9 Å². The summed E-state index contributed by atoms with van der Waals surface area (Å²) in [6.45, 7) is 0. The molecule has 2 N–H and O–H groups in total. The standard InChI is InChI=1S/C19H19N7O4S2/c1-25-11-21-24-19(25)32-17-7-4-12(8-14(17)26(27)28)10-20-23-18(31)22-13-5-6-15(29-2)16(9-13)30-3/h4-11H,1-3H3,(H2,22,23,31)/b20-10+. The fourth-order valence-electron chi connectivity index (χ4n) is 2.55. The highest BCUT2D eigenvalue weighted by molar-refractivity contribution is 7.99. The van der Waals surface area contributed by atoms with E-state index in [1.807, 2.05) is 0 Å². The second-order valence-electron chi connectivity index (χ2n) is 6.20. The van der Waals surface area contributed by atoms with Crippen LogP contribution in [0, 0.1) is 10.1 Å². The van der Waals surface area contributed by atoms with Crippen molar-refractivity contribution in [3.05, 3.63) is 58.4 Å². The van der Waals surface area contributed by atoms with Crippen LogP contribution in [0.3, 0.4) is 0 Å². The van der Waals surface area contributed by atoms with Crippen molar-refractivity contribution in [1.82, 2.24) is 20.2 Å². The van der Waals surface area contributed by atoms with Crippen LogP contribution in [0.2, 0.25) is 0 Å². The molecule has 1 heterocycles. The van der Waals surface area contributed by atoms with E-state index in [1.54, 1.807) is 56.2 Å². The number of thiocarbonyl (C=S) groups is 1. The molecule has 11 nitrogen and oxygen atoms in total. The molecule has 0 fully saturated rings. The molecule has 32 heavy (non-hydrogen) atoms. The average Bonchev–Trinajstić information content (AvgIpc) is 3.18. The first kappa shape index (κ1) is 23.0. The maximum absolute atomic E-state index is 11.5. The Kier molecular flexibility index (Phi) is 7.57. The Bertz CT molecular complexity index is 1170. The highest BCUT2D eigenvalue weighted by Crippen LogP contribution is 2.34. The highest BCUT2D eigenvalue weighted by Gasteiger charge is 2.17. The lowest BCUT2D eigenvalue weighted by atomic mass is 10.2. The number of nitro groups is 1. The lowest BCUT2D eigenvalue weighted by molar-refractivity contribution is -0.387. The molecule has 0 aliphatic heterocycles. The van der Waals surface area contributed by atoms with E-state index in [0.717, 1.165) is 11.8 Å². The number of benzene rings is 2. The molecule has 0 aliphatic rings. The molecule has 0 saturated carbocycles. The molecular weight excluding hydrogens is 454 g/mol. The van der Waals surface area contributed by atoms with Gasteiger partial charge in [0.15, 0.2) is 21.8 Å². The van der Waals surface area contributed by atoms with E-state index in [-0.39, 0.29) is 10.8 Å². The van der Waals surface area contributed by atoms with Gasteiger partial charge in [0.05, 0.1) is 30.3 Å². The smallest absolute Gasteiger partial charge is 0.283 e. The van der Waals surface area contributed by atoms with Crippen molar-refractivity contribution in [3.8, 4) is 11.5 Å². The zero-order valence-corrected chi connectivity index (χ0v) is 18.9. The lowest BCUT2D eigenvalue weighted by Gasteiger charge is -2.11. The van der Waals surface area contributed by atoms with Gasteiger partial charge < -0.3 is 19.4 Å². The van der Waals surface area contributed by atoms with Crippen molar-refractivity contribution in [1.29, 1.82) is 0 Å². The number of nitro benzene ring substituents is 1. The third-order valence-electron chi connectivity index (χ3n) is 4.07. The van der Waals surface area contributed by atoms with Crippen molar-refractivity contribution < 1.29 is 14.4 Å². The molecule has 0 spiro atoms. The van der Waals surface area contributed by atoms with Crippen LogP contribution < -0.4 is 20.2 Å². The molecule has 0 amide bonds. The first-order valence-corrected chi connectivity index (χ1v) is 10.3. The fourth-order valence-corrected chi connectivity index (χ4v) is 3.57. The second kappa shape index (κ2) is 10.5. The Morgan fingerprint density at radius 2 is 2.03 bits per heavy atom. The molecule has 166 valence electrons. The monoisotopic (exact) mass is 473 g/mol. The summed E-state index contributed by atoms with van der Waals surface area (Å²) in [5, 5.41) is 27.0. The van der Waals surface area contributed by atoms with Crippen LogP contribution in [0.25, 0.3) is 0 Å². The Morgan fingerprint density at radius 3 is 2.69 bits per heavy atom. The summed E-state index contributed by atoms with van der Waals surface area (Å²) in [7, 11) is 4.86. The third-order valence-corrected chi connectivity index (χ3v) is 5.38. The van der Waals surface area contributed by atoms with Crippen LogP contribution >= 0.6 is 24.0 Å². The number of hydrogen-bond acceptors (Lipinski definition) is 9. The maximum Gasteiger partial charge on any atom is 0.283 e. The zero-order valence-electron chi connectivity index (χ0n) is 17.3. The van der Waals surface area contributed by atoms with Crippen LogP contribution in [-0.4, -0.2) is 45.2 Å². The molecule has 0 unspecified atom stereocenters. The van der Waals surface area contributed by atoms with Gasteiger partial charge in [-0.05, 0) is 42.2 Å². The normalized spacial score (nSPS) is 10.7. The summed E-state index contributed by atoms with van der Waals surface area (Å²) >= 11 is 6.38. The summed E-state index contributed by atoms with van der Waals surface area (Å²) in [6, 6.07) is 10.0. The maximum atomic E-state index is 11.5. The number of hydrogen-bond donors (Lipinski definition) is 2.